The highest BCUT2D eigenvalue weighted by Crippen LogP contribution is 2.32. The summed E-state index contributed by atoms with van der Waals surface area (Å²) >= 11 is 6.12. The molecule has 0 radical (unpaired) electrons. The Bertz CT molecular complexity index is 903. The van der Waals surface area contributed by atoms with Gasteiger partial charge in [0.2, 0.25) is 0 Å². The van der Waals surface area contributed by atoms with Gasteiger partial charge in [0.05, 0.1) is 11.7 Å². The summed E-state index contributed by atoms with van der Waals surface area (Å²) in [6.07, 6.45) is 0.457. The van der Waals surface area contributed by atoms with Crippen molar-refractivity contribution in [3.63, 3.8) is 0 Å². The van der Waals surface area contributed by atoms with Gasteiger partial charge in [0, 0.05) is 27.9 Å². The molecule has 4 nitrogen and oxygen atoms in total. The molecule has 0 saturated carbocycles. The van der Waals surface area contributed by atoms with Crippen LogP contribution < -0.4 is 10.4 Å². The molecule has 0 bridgehead atoms. The predicted molar refractivity (Wildman–Crippen MR) is 86.0 cm³/mol. The molecule has 0 saturated heterocycles. The van der Waals surface area contributed by atoms with E-state index < -0.39 is 12.0 Å². The Morgan fingerprint density at radius 1 is 1.22 bits per heavy atom. The van der Waals surface area contributed by atoms with Gasteiger partial charge in [-0.1, -0.05) is 41.9 Å². The van der Waals surface area contributed by atoms with Gasteiger partial charge < -0.3 is 20.2 Å². The Morgan fingerprint density at radius 3 is 2.83 bits per heavy atom. The monoisotopic (exact) mass is 326 g/mol. The first-order chi connectivity index (χ1) is 11.1. The molecule has 0 fully saturated rings. The van der Waals surface area contributed by atoms with Crippen LogP contribution in [0.3, 0.4) is 0 Å². The lowest BCUT2D eigenvalue weighted by Gasteiger charge is -2.29. The Labute approximate surface area is 138 Å². The molecule has 0 amide bonds. The van der Waals surface area contributed by atoms with Crippen LogP contribution in [0.15, 0.2) is 48.5 Å². The number of rotatable bonds is 2. The number of benzene rings is 2. The lowest BCUT2D eigenvalue weighted by atomic mass is 9.90. The molecule has 1 aliphatic heterocycles. The number of aromatic nitrogens is 1. The summed E-state index contributed by atoms with van der Waals surface area (Å²) in [4.78, 5) is 14.9. The molecule has 2 aromatic carbocycles. The highest BCUT2D eigenvalue weighted by Gasteiger charge is 2.34. The summed E-state index contributed by atoms with van der Waals surface area (Å²) in [5.74, 6) is -1.03. The van der Waals surface area contributed by atoms with Crippen molar-refractivity contribution in [3.05, 3.63) is 70.4 Å². The SMILES string of the molecule is O=C([O-])C1Cc2c([nH]c3ccccc23)C(c2cccc(Cl)c2)[NH2+]1. The molecule has 116 valence electrons. The molecule has 1 aliphatic rings. The van der Waals surface area contributed by atoms with Crippen LogP contribution in [0.2, 0.25) is 5.02 Å². The van der Waals surface area contributed by atoms with E-state index in [0.717, 1.165) is 27.7 Å². The summed E-state index contributed by atoms with van der Waals surface area (Å²) in [7, 11) is 0. The zero-order chi connectivity index (χ0) is 16.0. The summed E-state index contributed by atoms with van der Waals surface area (Å²) in [5, 5.41) is 15.1. The molecule has 3 aromatic rings. The Balaban J connectivity index is 1.91. The first-order valence-electron chi connectivity index (χ1n) is 7.54. The number of para-hydroxylation sites is 1. The third-order valence-corrected chi connectivity index (χ3v) is 4.75. The maximum absolute atomic E-state index is 11.5. The minimum atomic E-state index is -1.03. The Morgan fingerprint density at radius 2 is 2.04 bits per heavy atom. The predicted octanol–water partition coefficient (Wildman–Crippen LogP) is 1.15. The van der Waals surface area contributed by atoms with Crippen molar-refractivity contribution in [1.29, 1.82) is 0 Å². The molecule has 0 spiro atoms. The van der Waals surface area contributed by atoms with Crippen molar-refractivity contribution >= 4 is 28.5 Å². The molecule has 4 rings (SSSR count). The summed E-state index contributed by atoms with van der Waals surface area (Å²) in [6, 6.07) is 14.8. The lowest BCUT2D eigenvalue weighted by Crippen LogP contribution is -2.95. The number of nitrogens with two attached hydrogens (primary N) is 1. The van der Waals surface area contributed by atoms with Crippen LogP contribution in [0.5, 0.6) is 0 Å². The quantitative estimate of drug-likeness (QED) is 0.741. The first kappa shape index (κ1) is 14.3. The number of quaternary nitrogens is 1. The number of carboxylic acids is 1. The van der Waals surface area contributed by atoms with Gasteiger partial charge in [-0.25, -0.2) is 0 Å². The molecule has 5 heteroatoms. The van der Waals surface area contributed by atoms with Crippen LogP contribution in [-0.4, -0.2) is 17.0 Å². The average molecular weight is 327 g/mol. The average Bonchev–Trinajstić information content (AvgIpc) is 2.92. The van der Waals surface area contributed by atoms with Crippen LogP contribution in [-0.2, 0) is 11.2 Å². The maximum Gasteiger partial charge on any atom is 0.153 e. The Hall–Kier alpha value is -2.30. The molecular formula is C18H15ClN2O2. The van der Waals surface area contributed by atoms with E-state index in [1.807, 2.05) is 53.8 Å². The number of hydrogen-bond donors (Lipinski definition) is 2. The van der Waals surface area contributed by atoms with E-state index in [1.165, 1.54) is 0 Å². The molecule has 2 unspecified atom stereocenters. The van der Waals surface area contributed by atoms with Crippen molar-refractivity contribution in [1.82, 2.24) is 4.98 Å². The molecule has 2 heterocycles. The molecule has 1 aromatic heterocycles. The fourth-order valence-corrected chi connectivity index (χ4v) is 3.66. The topological polar surface area (TPSA) is 72.5 Å². The van der Waals surface area contributed by atoms with Crippen LogP contribution >= 0.6 is 11.6 Å². The number of H-pyrrole nitrogens is 1. The van der Waals surface area contributed by atoms with Crippen molar-refractivity contribution in [3.8, 4) is 0 Å². The van der Waals surface area contributed by atoms with Gasteiger partial charge in [0.1, 0.15) is 6.04 Å². The second kappa shape index (κ2) is 5.41. The number of carbonyl (C=O) groups is 1. The number of carbonyl (C=O) groups excluding carboxylic acids is 1. The van der Waals surface area contributed by atoms with E-state index >= 15 is 0 Å². The number of hydrogen-bond acceptors (Lipinski definition) is 2. The second-order valence-electron chi connectivity index (χ2n) is 5.92. The van der Waals surface area contributed by atoms with Crippen molar-refractivity contribution in [2.75, 3.05) is 0 Å². The van der Waals surface area contributed by atoms with Gasteiger partial charge in [-0.2, -0.15) is 0 Å². The number of fused-ring (bicyclic) bond motifs is 3. The molecular weight excluding hydrogens is 312 g/mol. The zero-order valence-electron chi connectivity index (χ0n) is 12.3. The lowest BCUT2D eigenvalue weighted by molar-refractivity contribution is -0.717. The number of nitrogens with one attached hydrogen (secondary N) is 1. The van der Waals surface area contributed by atoms with Gasteiger partial charge in [-0.05, 0) is 23.8 Å². The normalized spacial score (nSPS) is 20.4. The fourth-order valence-electron chi connectivity index (χ4n) is 3.46. The molecule has 0 aliphatic carbocycles. The number of aromatic amines is 1. The van der Waals surface area contributed by atoms with Gasteiger partial charge in [-0.15, -0.1) is 0 Å². The summed E-state index contributed by atoms with van der Waals surface area (Å²) in [5.41, 5.74) is 4.11. The zero-order valence-corrected chi connectivity index (χ0v) is 13.0. The molecule has 2 atom stereocenters. The highest BCUT2D eigenvalue weighted by atomic mass is 35.5. The van der Waals surface area contributed by atoms with E-state index in [0.29, 0.717) is 11.4 Å². The number of carboxylic acid groups (broad SMARTS) is 1. The standard InChI is InChI=1S/C18H15ClN2O2/c19-11-5-3-4-10(8-11)16-17-13(9-15(21-16)18(22)23)12-6-1-2-7-14(12)20-17/h1-8,15-16,20-21H,9H2,(H,22,23). The van der Waals surface area contributed by atoms with Crippen molar-refractivity contribution in [2.24, 2.45) is 0 Å². The van der Waals surface area contributed by atoms with E-state index in [2.05, 4.69) is 4.98 Å². The third kappa shape index (κ3) is 2.40. The summed E-state index contributed by atoms with van der Waals surface area (Å²) in [6.45, 7) is 0. The largest absolute Gasteiger partial charge is 0.544 e. The van der Waals surface area contributed by atoms with E-state index in [9.17, 15) is 9.90 Å². The van der Waals surface area contributed by atoms with Crippen molar-refractivity contribution in [2.45, 2.75) is 18.5 Å². The minimum absolute atomic E-state index is 0.132. The first-order valence-corrected chi connectivity index (χ1v) is 7.92. The summed E-state index contributed by atoms with van der Waals surface area (Å²) < 4.78 is 0. The van der Waals surface area contributed by atoms with Crippen LogP contribution in [0.25, 0.3) is 10.9 Å². The van der Waals surface area contributed by atoms with Gasteiger partial charge in [0.15, 0.2) is 6.04 Å². The third-order valence-electron chi connectivity index (χ3n) is 4.52. The smallest absolute Gasteiger partial charge is 0.153 e. The van der Waals surface area contributed by atoms with Gasteiger partial charge in [0.25, 0.3) is 0 Å². The second-order valence-corrected chi connectivity index (χ2v) is 6.35. The van der Waals surface area contributed by atoms with Crippen LogP contribution in [0, 0.1) is 0 Å². The molecule has 3 N–H and O–H groups in total. The number of halogens is 1. The van der Waals surface area contributed by atoms with E-state index in [4.69, 9.17) is 11.6 Å². The van der Waals surface area contributed by atoms with Crippen molar-refractivity contribution < 1.29 is 15.2 Å². The van der Waals surface area contributed by atoms with E-state index in [1.54, 1.807) is 0 Å². The fraction of sp³-hybridized carbons (Fsp3) is 0.167. The van der Waals surface area contributed by atoms with Crippen LogP contribution in [0.4, 0.5) is 0 Å². The van der Waals surface area contributed by atoms with Gasteiger partial charge >= 0.3 is 0 Å². The minimum Gasteiger partial charge on any atom is -0.544 e. The highest BCUT2D eigenvalue weighted by molar-refractivity contribution is 6.30. The Kier molecular flexibility index (Phi) is 3.36. The van der Waals surface area contributed by atoms with E-state index in [-0.39, 0.29) is 6.04 Å². The van der Waals surface area contributed by atoms with Crippen LogP contribution in [0.1, 0.15) is 22.9 Å². The maximum atomic E-state index is 11.5. The number of aliphatic carboxylic acids is 1. The van der Waals surface area contributed by atoms with Gasteiger partial charge in [-0.3, -0.25) is 0 Å². The molecule has 23 heavy (non-hydrogen) atoms.